The molecule has 0 saturated heterocycles. The molecule has 0 aliphatic heterocycles. The van der Waals surface area contributed by atoms with E-state index in [1.54, 1.807) is 12.3 Å². The van der Waals surface area contributed by atoms with Gasteiger partial charge in [0.05, 0.1) is 28.2 Å². The molecule has 0 spiro atoms. The number of rotatable bonds is 4. The highest BCUT2D eigenvalue weighted by molar-refractivity contribution is 5.79. The molecule has 0 amide bonds. The van der Waals surface area contributed by atoms with Gasteiger partial charge in [-0.2, -0.15) is 5.10 Å². The van der Waals surface area contributed by atoms with Crippen LogP contribution in [-0.4, -0.2) is 25.1 Å². The van der Waals surface area contributed by atoms with Crippen LogP contribution in [0.1, 0.15) is 5.69 Å². The number of hydrogen-bond acceptors (Lipinski definition) is 5. The minimum absolute atomic E-state index is 0.0382. The van der Waals surface area contributed by atoms with Gasteiger partial charge in [0.1, 0.15) is 0 Å². The monoisotopic (exact) mass is 258 g/mol. The van der Waals surface area contributed by atoms with Gasteiger partial charge < -0.3 is 10.3 Å². The lowest BCUT2D eigenvalue weighted by atomic mass is 10.3. The second kappa shape index (κ2) is 4.41. The number of imidazole rings is 1. The van der Waals surface area contributed by atoms with Gasteiger partial charge in [0.2, 0.25) is 5.95 Å². The second-order valence-electron chi connectivity index (χ2n) is 3.98. The summed E-state index contributed by atoms with van der Waals surface area (Å²) in [5, 5.41) is 20.4. The number of nitro benzene ring substituents is 1. The minimum Gasteiger partial charge on any atom is -0.350 e. The molecule has 0 atom stereocenters. The number of aromatic nitrogens is 4. The number of non-ortho nitro benzene ring substituents is 1. The lowest BCUT2D eigenvalue weighted by Gasteiger charge is -1.98. The summed E-state index contributed by atoms with van der Waals surface area (Å²) in [6.45, 7) is 0.544. The van der Waals surface area contributed by atoms with Crippen LogP contribution >= 0.6 is 0 Å². The fraction of sp³-hybridized carbons (Fsp3) is 0.0909. The first-order chi connectivity index (χ1) is 9.22. The maximum Gasteiger partial charge on any atom is 0.271 e. The zero-order valence-corrected chi connectivity index (χ0v) is 9.75. The molecule has 2 aromatic heterocycles. The Balaban J connectivity index is 1.83. The first kappa shape index (κ1) is 11.2. The largest absolute Gasteiger partial charge is 0.350 e. The molecule has 8 nitrogen and oxygen atoms in total. The Morgan fingerprint density at radius 2 is 2.26 bits per heavy atom. The molecule has 0 aliphatic rings. The van der Waals surface area contributed by atoms with Gasteiger partial charge in [0.25, 0.3) is 5.69 Å². The first-order valence-electron chi connectivity index (χ1n) is 5.58. The molecule has 0 unspecified atom stereocenters. The van der Waals surface area contributed by atoms with Crippen LogP contribution in [0.15, 0.2) is 30.5 Å². The summed E-state index contributed by atoms with van der Waals surface area (Å²) in [6, 6.07) is 6.36. The zero-order chi connectivity index (χ0) is 13.2. The molecule has 1 aromatic carbocycles. The highest BCUT2D eigenvalue weighted by Gasteiger charge is 2.09. The van der Waals surface area contributed by atoms with E-state index in [-0.39, 0.29) is 5.69 Å². The average molecular weight is 258 g/mol. The lowest BCUT2D eigenvalue weighted by Crippen LogP contribution is -2.00. The Kier molecular flexibility index (Phi) is 2.60. The Bertz CT molecular complexity index is 718. The van der Waals surface area contributed by atoms with Crippen molar-refractivity contribution in [2.24, 2.45) is 0 Å². The van der Waals surface area contributed by atoms with Crippen molar-refractivity contribution in [1.29, 1.82) is 0 Å². The topological polar surface area (TPSA) is 113 Å². The Morgan fingerprint density at radius 3 is 3.00 bits per heavy atom. The highest BCUT2D eigenvalue weighted by Crippen LogP contribution is 2.20. The van der Waals surface area contributed by atoms with Crippen LogP contribution in [0.3, 0.4) is 0 Å². The van der Waals surface area contributed by atoms with Crippen LogP contribution < -0.4 is 5.32 Å². The molecule has 3 aromatic rings. The SMILES string of the molecule is O=[N+]([O-])c1ccc2nc(NCc3ccn[nH]3)[nH]c2c1. The summed E-state index contributed by atoms with van der Waals surface area (Å²) >= 11 is 0. The summed E-state index contributed by atoms with van der Waals surface area (Å²) in [4.78, 5) is 17.5. The van der Waals surface area contributed by atoms with Gasteiger partial charge in [-0.05, 0) is 12.1 Å². The Labute approximate surface area is 107 Å². The molecular formula is C11H10N6O2. The van der Waals surface area contributed by atoms with Crippen molar-refractivity contribution < 1.29 is 4.92 Å². The summed E-state index contributed by atoms with van der Waals surface area (Å²) in [5.41, 5.74) is 2.27. The van der Waals surface area contributed by atoms with Crippen LogP contribution in [0.5, 0.6) is 0 Å². The van der Waals surface area contributed by atoms with E-state index in [0.717, 1.165) is 5.69 Å². The van der Waals surface area contributed by atoms with E-state index in [1.807, 2.05) is 6.07 Å². The number of aromatic amines is 2. The van der Waals surface area contributed by atoms with E-state index >= 15 is 0 Å². The Hall–Kier alpha value is -2.90. The molecule has 8 heteroatoms. The molecule has 0 radical (unpaired) electrons. The number of H-pyrrole nitrogens is 2. The number of nitrogens with zero attached hydrogens (tertiary/aromatic N) is 3. The van der Waals surface area contributed by atoms with E-state index in [0.29, 0.717) is 23.5 Å². The van der Waals surface area contributed by atoms with Gasteiger partial charge in [0, 0.05) is 18.3 Å². The number of anilines is 1. The fourth-order valence-electron chi connectivity index (χ4n) is 1.76. The summed E-state index contributed by atoms with van der Waals surface area (Å²) in [7, 11) is 0. The van der Waals surface area contributed by atoms with Crippen molar-refractivity contribution in [1.82, 2.24) is 20.2 Å². The average Bonchev–Trinajstić information content (AvgIpc) is 3.04. The smallest absolute Gasteiger partial charge is 0.271 e. The van der Waals surface area contributed by atoms with Crippen LogP contribution in [0, 0.1) is 10.1 Å². The standard InChI is InChI=1S/C11H10N6O2/c18-17(19)8-1-2-9-10(5-8)15-11(14-9)12-6-7-3-4-13-16-7/h1-5H,6H2,(H,13,16)(H2,12,14,15). The third-order valence-corrected chi connectivity index (χ3v) is 2.68. The first-order valence-corrected chi connectivity index (χ1v) is 5.58. The molecule has 3 rings (SSSR count). The van der Waals surface area contributed by atoms with Crippen LogP contribution in [0.2, 0.25) is 0 Å². The Morgan fingerprint density at radius 1 is 1.37 bits per heavy atom. The molecule has 19 heavy (non-hydrogen) atoms. The van der Waals surface area contributed by atoms with E-state index in [9.17, 15) is 10.1 Å². The van der Waals surface area contributed by atoms with Crippen molar-refractivity contribution in [3.63, 3.8) is 0 Å². The summed E-state index contributed by atoms with van der Waals surface area (Å²) in [5.74, 6) is 0.560. The quantitative estimate of drug-likeness (QED) is 0.488. The molecule has 0 saturated carbocycles. The number of hydrogen-bond donors (Lipinski definition) is 3. The number of fused-ring (bicyclic) bond motifs is 1. The molecule has 0 aliphatic carbocycles. The van der Waals surface area contributed by atoms with Gasteiger partial charge >= 0.3 is 0 Å². The van der Waals surface area contributed by atoms with Crippen LogP contribution in [0.4, 0.5) is 11.6 Å². The predicted octanol–water partition coefficient (Wildman–Crippen LogP) is 1.81. The van der Waals surface area contributed by atoms with Crippen molar-refractivity contribution in [3.8, 4) is 0 Å². The lowest BCUT2D eigenvalue weighted by molar-refractivity contribution is -0.384. The van der Waals surface area contributed by atoms with E-state index in [4.69, 9.17) is 0 Å². The van der Waals surface area contributed by atoms with E-state index in [1.165, 1.54) is 12.1 Å². The van der Waals surface area contributed by atoms with Crippen molar-refractivity contribution in [2.45, 2.75) is 6.54 Å². The molecule has 96 valence electrons. The molecule has 3 N–H and O–H groups in total. The highest BCUT2D eigenvalue weighted by atomic mass is 16.6. The summed E-state index contributed by atoms with van der Waals surface area (Å²) < 4.78 is 0. The van der Waals surface area contributed by atoms with Gasteiger partial charge in [-0.25, -0.2) is 4.98 Å². The molecule has 2 heterocycles. The predicted molar refractivity (Wildman–Crippen MR) is 68.7 cm³/mol. The number of nitro groups is 1. The van der Waals surface area contributed by atoms with Crippen LogP contribution in [-0.2, 0) is 6.54 Å². The van der Waals surface area contributed by atoms with Gasteiger partial charge in [0.15, 0.2) is 0 Å². The minimum atomic E-state index is -0.433. The van der Waals surface area contributed by atoms with E-state index in [2.05, 4.69) is 25.5 Å². The number of benzene rings is 1. The summed E-state index contributed by atoms with van der Waals surface area (Å²) in [6.07, 6.45) is 1.67. The zero-order valence-electron chi connectivity index (χ0n) is 9.75. The van der Waals surface area contributed by atoms with Crippen molar-refractivity contribution >= 4 is 22.7 Å². The maximum absolute atomic E-state index is 10.7. The van der Waals surface area contributed by atoms with Gasteiger partial charge in [-0.15, -0.1) is 0 Å². The van der Waals surface area contributed by atoms with Crippen LogP contribution in [0.25, 0.3) is 11.0 Å². The normalized spacial score (nSPS) is 10.7. The molecule has 0 bridgehead atoms. The number of nitrogens with one attached hydrogen (secondary N) is 3. The third kappa shape index (κ3) is 2.23. The third-order valence-electron chi connectivity index (χ3n) is 2.68. The van der Waals surface area contributed by atoms with Crippen molar-refractivity contribution in [2.75, 3.05) is 5.32 Å². The second-order valence-corrected chi connectivity index (χ2v) is 3.98. The van der Waals surface area contributed by atoms with Gasteiger partial charge in [-0.1, -0.05) is 0 Å². The molecular weight excluding hydrogens is 248 g/mol. The van der Waals surface area contributed by atoms with Gasteiger partial charge in [-0.3, -0.25) is 15.2 Å². The van der Waals surface area contributed by atoms with E-state index < -0.39 is 4.92 Å². The maximum atomic E-state index is 10.7. The molecule has 0 fully saturated rings. The van der Waals surface area contributed by atoms with Crippen molar-refractivity contribution in [3.05, 3.63) is 46.3 Å². The fourth-order valence-corrected chi connectivity index (χ4v) is 1.76.